The SMILES string of the molecule is CNCC(O)C(O)c1cc(Br)cc(Br)c1N. The van der Waals surface area contributed by atoms with Gasteiger partial charge in [-0.2, -0.15) is 0 Å². The van der Waals surface area contributed by atoms with E-state index in [-0.39, 0.29) is 0 Å². The topological polar surface area (TPSA) is 78.5 Å². The number of benzene rings is 1. The molecule has 0 aromatic heterocycles. The monoisotopic (exact) mass is 352 g/mol. The van der Waals surface area contributed by atoms with E-state index < -0.39 is 12.2 Å². The predicted molar refractivity (Wildman–Crippen MR) is 71.1 cm³/mol. The molecule has 0 saturated heterocycles. The first kappa shape index (κ1) is 13.9. The van der Waals surface area contributed by atoms with Crippen LogP contribution >= 0.6 is 31.9 Å². The van der Waals surface area contributed by atoms with Crippen LogP contribution in [0.2, 0.25) is 0 Å². The van der Waals surface area contributed by atoms with E-state index in [1.807, 2.05) is 0 Å². The van der Waals surface area contributed by atoms with Gasteiger partial charge in [-0.15, -0.1) is 0 Å². The van der Waals surface area contributed by atoms with E-state index in [9.17, 15) is 10.2 Å². The molecule has 0 bridgehead atoms. The number of rotatable bonds is 4. The number of hydrogen-bond acceptors (Lipinski definition) is 4. The van der Waals surface area contributed by atoms with Crippen molar-refractivity contribution >= 4 is 37.5 Å². The second-order valence-corrected chi connectivity index (χ2v) is 5.23. The average Bonchev–Trinajstić information content (AvgIpc) is 2.22. The molecule has 1 rings (SSSR count). The lowest BCUT2D eigenvalue weighted by atomic mass is 10.0. The molecule has 90 valence electrons. The minimum absolute atomic E-state index is 0.296. The van der Waals surface area contributed by atoms with Crippen molar-refractivity contribution in [3.63, 3.8) is 0 Å². The lowest BCUT2D eigenvalue weighted by molar-refractivity contribution is 0.0206. The lowest BCUT2D eigenvalue weighted by Gasteiger charge is -2.20. The van der Waals surface area contributed by atoms with Crippen LogP contribution in [-0.2, 0) is 0 Å². The van der Waals surface area contributed by atoms with Crippen LogP contribution in [0.5, 0.6) is 0 Å². The number of nitrogen functional groups attached to an aromatic ring is 1. The molecule has 0 amide bonds. The Hall–Kier alpha value is -0.140. The van der Waals surface area contributed by atoms with E-state index in [2.05, 4.69) is 37.2 Å². The second-order valence-electron chi connectivity index (χ2n) is 3.46. The van der Waals surface area contributed by atoms with Gasteiger partial charge in [0.1, 0.15) is 6.10 Å². The van der Waals surface area contributed by atoms with Crippen molar-refractivity contribution in [2.24, 2.45) is 0 Å². The Morgan fingerprint density at radius 2 is 2.00 bits per heavy atom. The molecule has 2 atom stereocenters. The second kappa shape index (κ2) is 5.97. The van der Waals surface area contributed by atoms with E-state index in [1.165, 1.54) is 0 Å². The van der Waals surface area contributed by atoms with Gasteiger partial charge in [0, 0.05) is 21.1 Å². The zero-order valence-electron chi connectivity index (χ0n) is 8.74. The molecule has 5 N–H and O–H groups in total. The highest BCUT2D eigenvalue weighted by molar-refractivity contribution is 9.11. The Kier molecular flexibility index (Phi) is 5.20. The van der Waals surface area contributed by atoms with Crippen LogP contribution in [0.25, 0.3) is 0 Å². The first-order valence-corrected chi connectivity index (χ1v) is 6.31. The summed E-state index contributed by atoms with van der Waals surface area (Å²) in [5.41, 5.74) is 6.77. The normalized spacial score (nSPS) is 14.8. The van der Waals surface area contributed by atoms with Gasteiger partial charge in [0.05, 0.1) is 11.8 Å². The fourth-order valence-electron chi connectivity index (χ4n) is 1.38. The van der Waals surface area contributed by atoms with Crippen molar-refractivity contribution < 1.29 is 10.2 Å². The third kappa shape index (κ3) is 3.18. The number of aliphatic hydroxyl groups excluding tert-OH is 2. The summed E-state index contributed by atoms with van der Waals surface area (Å²) in [7, 11) is 1.70. The summed E-state index contributed by atoms with van der Waals surface area (Å²) in [4.78, 5) is 0. The Morgan fingerprint density at radius 3 is 2.56 bits per heavy atom. The number of nitrogens with two attached hydrogens (primary N) is 1. The largest absolute Gasteiger partial charge is 0.398 e. The molecule has 0 heterocycles. The van der Waals surface area contributed by atoms with Gasteiger partial charge in [-0.1, -0.05) is 15.9 Å². The summed E-state index contributed by atoms with van der Waals surface area (Å²) in [6.07, 6.45) is -1.91. The third-order valence-corrected chi connectivity index (χ3v) is 3.34. The van der Waals surface area contributed by atoms with Crippen LogP contribution in [0.3, 0.4) is 0 Å². The number of anilines is 1. The standard InChI is InChI=1S/C10H14Br2N2O2/c1-14-4-8(15)10(16)6-2-5(11)3-7(12)9(6)13/h2-3,8,10,14-16H,4,13H2,1H3. The first-order valence-electron chi connectivity index (χ1n) is 4.72. The van der Waals surface area contributed by atoms with Gasteiger partial charge >= 0.3 is 0 Å². The Morgan fingerprint density at radius 1 is 1.38 bits per heavy atom. The molecule has 0 fully saturated rings. The van der Waals surface area contributed by atoms with Crippen molar-refractivity contribution in [1.29, 1.82) is 0 Å². The van der Waals surface area contributed by atoms with Gasteiger partial charge < -0.3 is 21.3 Å². The molecule has 1 aromatic rings. The molecular weight excluding hydrogens is 340 g/mol. The van der Waals surface area contributed by atoms with Crippen molar-refractivity contribution in [2.75, 3.05) is 19.3 Å². The van der Waals surface area contributed by atoms with Crippen molar-refractivity contribution in [3.05, 3.63) is 26.6 Å². The Labute approximate surface area is 111 Å². The molecule has 4 nitrogen and oxygen atoms in total. The highest BCUT2D eigenvalue weighted by Crippen LogP contribution is 2.33. The van der Waals surface area contributed by atoms with E-state index in [0.29, 0.717) is 22.3 Å². The van der Waals surface area contributed by atoms with Gasteiger partial charge in [0.25, 0.3) is 0 Å². The Bertz CT molecular complexity index is 374. The zero-order valence-corrected chi connectivity index (χ0v) is 11.9. The summed E-state index contributed by atoms with van der Waals surface area (Å²) in [5.74, 6) is 0. The van der Waals surface area contributed by atoms with E-state index >= 15 is 0 Å². The maximum atomic E-state index is 9.94. The van der Waals surface area contributed by atoms with E-state index in [4.69, 9.17) is 5.73 Å². The smallest absolute Gasteiger partial charge is 0.108 e. The molecule has 0 saturated carbocycles. The van der Waals surface area contributed by atoms with Gasteiger partial charge in [-0.25, -0.2) is 0 Å². The van der Waals surface area contributed by atoms with Gasteiger partial charge in [0.15, 0.2) is 0 Å². The number of hydrogen-bond donors (Lipinski definition) is 4. The number of aliphatic hydroxyl groups is 2. The van der Waals surface area contributed by atoms with Crippen LogP contribution in [0.1, 0.15) is 11.7 Å². The van der Waals surface area contributed by atoms with Crippen LogP contribution in [0, 0.1) is 0 Å². The molecule has 1 aromatic carbocycles. The summed E-state index contributed by atoms with van der Waals surface area (Å²) in [5, 5.41) is 22.4. The molecule has 0 aliphatic carbocycles. The third-order valence-electron chi connectivity index (χ3n) is 2.22. The first-order chi connectivity index (χ1) is 7.47. The number of likely N-dealkylation sites (N-methyl/N-ethyl adjacent to an activating group) is 1. The van der Waals surface area contributed by atoms with Crippen LogP contribution in [0.4, 0.5) is 5.69 Å². The highest BCUT2D eigenvalue weighted by Gasteiger charge is 2.21. The molecule has 16 heavy (non-hydrogen) atoms. The summed E-state index contributed by atoms with van der Waals surface area (Å²) in [6, 6.07) is 3.49. The molecule has 6 heteroatoms. The molecule has 0 spiro atoms. The lowest BCUT2D eigenvalue weighted by Crippen LogP contribution is -2.30. The maximum absolute atomic E-state index is 9.94. The predicted octanol–water partition coefficient (Wildman–Crippen LogP) is 1.41. The van der Waals surface area contributed by atoms with Gasteiger partial charge in [-0.05, 0) is 35.1 Å². The minimum atomic E-state index is -1.01. The van der Waals surface area contributed by atoms with E-state index in [1.54, 1.807) is 19.2 Å². The fraction of sp³-hybridized carbons (Fsp3) is 0.400. The summed E-state index contributed by atoms with van der Waals surface area (Å²) >= 11 is 6.60. The van der Waals surface area contributed by atoms with Crippen molar-refractivity contribution in [3.8, 4) is 0 Å². The minimum Gasteiger partial charge on any atom is -0.398 e. The number of halogens is 2. The maximum Gasteiger partial charge on any atom is 0.108 e. The fourth-order valence-corrected chi connectivity index (χ4v) is 2.64. The van der Waals surface area contributed by atoms with Crippen LogP contribution in [-0.4, -0.2) is 29.9 Å². The van der Waals surface area contributed by atoms with Crippen LogP contribution < -0.4 is 11.1 Å². The quantitative estimate of drug-likeness (QED) is 0.617. The molecule has 0 aliphatic rings. The van der Waals surface area contributed by atoms with Gasteiger partial charge in [0.2, 0.25) is 0 Å². The molecule has 2 unspecified atom stereocenters. The summed E-state index contributed by atoms with van der Waals surface area (Å²) < 4.78 is 1.48. The van der Waals surface area contributed by atoms with Crippen molar-refractivity contribution in [1.82, 2.24) is 5.32 Å². The molecular formula is C10H14Br2N2O2. The zero-order chi connectivity index (χ0) is 12.3. The highest BCUT2D eigenvalue weighted by atomic mass is 79.9. The Balaban J connectivity index is 3.03. The van der Waals surface area contributed by atoms with Crippen molar-refractivity contribution in [2.45, 2.75) is 12.2 Å². The van der Waals surface area contributed by atoms with Gasteiger partial charge in [-0.3, -0.25) is 0 Å². The van der Waals surface area contributed by atoms with Crippen LogP contribution in [0.15, 0.2) is 21.1 Å². The summed E-state index contributed by atoms with van der Waals surface area (Å²) in [6.45, 7) is 0.296. The average molecular weight is 354 g/mol. The molecule has 0 aliphatic heterocycles. The number of nitrogens with one attached hydrogen (secondary N) is 1. The molecule has 0 radical (unpaired) electrons. The van der Waals surface area contributed by atoms with E-state index in [0.717, 1.165) is 4.47 Å².